The van der Waals surface area contributed by atoms with Crippen LogP contribution in [0.5, 0.6) is 5.75 Å². The molecule has 9 nitrogen and oxygen atoms in total. The lowest BCUT2D eigenvalue weighted by Crippen LogP contribution is -2.49. The minimum Gasteiger partial charge on any atom is -0.484 e. The van der Waals surface area contributed by atoms with Gasteiger partial charge in [0, 0.05) is 19.4 Å². The maximum Gasteiger partial charge on any atom is 0.326 e. The van der Waals surface area contributed by atoms with E-state index < -0.39 is 24.0 Å². The Labute approximate surface area is 198 Å². The van der Waals surface area contributed by atoms with Gasteiger partial charge in [0.15, 0.2) is 6.61 Å². The van der Waals surface area contributed by atoms with E-state index in [1.165, 1.54) is 0 Å². The number of carbonyl (C=O) groups is 4. The van der Waals surface area contributed by atoms with Crippen LogP contribution in [0.4, 0.5) is 0 Å². The van der Waals surface area contributed by atoms with Gasteiger partial charge in [-0.2, -0.15) is 0 Å². The van der Waals surface area contributed by atoms with Gasteiger partial charge in [0.25, 0.3) is 5.91 Å². The van der Waals surface area contributed by atoms with Crippen LogP contribution in [0.15, 0.2) is 54.6 Å². The van der Waals surface area contributed by atoms with E-state index in [-0.39, 0.29) is 18.9 Å². The highest BCUT2D eigenvalue weighted by Gasteiger charge is 2.21. The van der Waals surface area contributed by atoms with Gasteiger partial charge in [-0.25, -0.2) is 4.79 Å². The van der Waals surface area contributed by atoms with Crippen molar-refractivity contribution in [1.82, 2.24) is 16.0 Å². The third-order valence-corrected chi connectivity index (χ3v) is 5.06. The predicted molar refractivity (Wildman–Crippen MR) is 126 cm³/mol. The van der Waals surface area contributed by atoms with Crippen LogP contribution in [0.1, 0.15) is 30.9 Å². The van der Waals surface area contributed by atoms with Gasteiger partial charge in [0.1, 0.15) is 17.8 Å². The van der Waals surface area contributed by atoms with Crippen molar-refractivity contribution in [2.75, 3.05) is 13.2 Å². The van der Waals surface area contributed by atoms with Crippen LogP contribution in [0.25, 0.3) is 0 Å². The first-order valence-electron chi connectivity index (χ1n) is 11.2. The van der Waals surface area contributed by atoms with Gasteiger partial charge >= 0.3 is 5.97 Å². The molecule has 2 unspecified atom stereocenters. The van der Waals surface area contributed by atoms with Gasteiger partial charge in [0.2, 0.25) is 12.3 Å². The molecule has 0 spiro atoms. The monoisotopic (exact) mass is 469 g/mol. The molecular weight excluding hydrogens is 438 g/mol. The fraction of sp³-hybridized carbons (Fsp3) is 0.360. The zero-order valence-electron chi connectivity index (χ0n) is 19.2. The quantitative estimate of drug-likeness (QED) is 0.230. The normalized spacial score (nSPS) is 12.1. The summed E-state index contributed by atoms with van der Waals surface area (Å²) in [5.41, 5.74) is 1.61. The molecule has 3 amide bonds. The fourth-order valence-corrected chi connectivity index (χ4v) is 3.21. The van der Waals surface area contributed by atoms with E-state index in [0.29, 0.717) is 30.7 Å². The van der Waals surface area contributed by atoms with Gasteiger partial charge in [-0.15, -0.1) is 0 Å². The molecule has 0 aliphatic rings. The van der Waals surface area contributed by atoms with Gasteiger partial charge in [-0.1, -0.05) is 55.8 Å². The summed E-state index contributed by atoms with van der Waals surface area (Å²) in [5.74, 6) is -1.39. The van der Waals surface area contributed by atoms with Crippen LogP contribution in [0.2, 0.25) is 0 Å². The van der Waals surface area contributed by atoms with Crippen molar-refractivity contribution in [3.63, 3.8) is 0 Å². The van der Waals surface area contributed by atoms with Crippen molar-refractivity contribution in [1.29, 1.82) is 0 Å². The average Bonchev–Trinajstić information content (AvgIpc) is 2.83. The van der Waals surface area contributed by atoms with Crippen LogP contribution in [-0.4, -0.2) is 54.5 Å². The molecule has 0 bridgehead atoms. The van der Waals surface area contributed by atoms with E-state index in [1.807, 2.05) is 37.3 Å². The van der Waals surface area contributed by atoms with Crippen molar-refractivity contribution in [3.8, 4) is 5.75 Å². The minimum atomic E-state index is -1.13. The smallest absolute Gasteiger partial charge is 0.326 e. The number of hydrogen-bond acceptors (Lipinski definition) is 5. The number of aliphatic carboxylic acids is 1. The first-order chi connectivity index (χ1) is 16.4. The summed E-state index contributed by atoms with van der Waals surface area (Å²) in [6.07, 6.45) is 2.63. The Morgan fingerprint density at radius 3 is 2.24 bits per heavy atom. The molecule has 182 valence electrons. The number of nitrogens with one attached hydrogen (secondary N) is 3. The Morgan fingerprint density at radius 2 is 1.62 bits per heavy atom. The van der Waals surface area contributed by atoms with Crippen molar-refractivity contribution in [2.45, 2.75) is 44.7 Å². The summed E-state index contributed by atoms with van der Waals surface area (Å²) in [4.78, 5) is 46.8. The molecule has 4 N–H and O–H groups in total. The van der Waals surface area contributed by atoms with Crippen molar-refractivity contribution in [3.05, 3.63) is 65.7 Å². The highest BCUT2D eigenvalue weighted by Crippen LogP contribution is 2.14. The SMILES string of the molecule is CCCCNC(=O)C(Cc1ccccc1)NC(=O)COc1ccc(CC(NC=O)C(=O)O)cc1. The lowest BCUT2D eigenvalue weighted by molar-refractivity contribution is -0.140. The molecule has 0 fully saturated rings. The maximum atomic E-state index is 12.6. The molecule has 2 atom stereocenters. The lowest BCUT2D eigenvalue weighted by atomic mass is 10.1. The first-order valence-corrected chi connectivity index (χ1v) is 11.2. The summed E-state index contributed by atoms with van der Waals surface area (Å²) in [6, 6.07) is 14.2. The highest BCUT2D eigenvalue weighted by molar-refractivity contribution is 5.88. The van der Waals surface area contributed by atoms with Gasteiger partial charge < -0.3 is 25.8 Å². The van der Waals surface area contributed by atoms with Gasteiger partial charge in [-0.05, 0) is 29.7 Å². The van der Waals surface area contributed by atoms with Crippen LogP contribution in [0, 0.1) is 0 Å². The number of carbonyl (C=O) groups excluding carboxylic acids is 3. The van der Waals surface area contributed by atoms with Gasteiger partial charge in [-0.3, -0.25) is 14.4 Å². The fourth-order valence-electron chi connectivity index (χ4n) is 3.21. The number of hydrogen-bond donors (Lipinski definition) is 4. The Hall–Kier alpha value is -3.88. The summed E-state index contributed by atoms with van der Waals surface area (Å²) in [5, 5.41) is 17.0. The van der Waals surface area contributed by atoms with E-state index >= 15 is 0 Å². The van der Waals surface area contributed by atoms with Crippen molar-refractivity contribution >= 4 is 24.2 Å². The molecule has 34 heavy (non-hydrogen) atoms. The largest absolute Gasteiger partial charge is 0.484 e. The molecule has 0 heterocycles. The van der Waals surface area contributed by atoms with E-state index in [4.69, 9.17) is 9.84 Å². The Morgan fingerprint density at radius 1 is 0.971 bits per heavy atom. The molecule has 9 heteroatoms. The third kappa shape index (κ3) is 9.32. The van der Waals surface area contributed by atoms with E-state index in [2.05, 4.69) is 16.0 Å². The van der Waals surface area contributed by atoms with Crippen LogP contribution in [-0.2, 0) is 32.0 Å². The summed E-state index contributed by atoms with van der Waals surface area (Å²) in [6.45, 7) is 2.30. The second-order valence-electron chi connectivity index (χ2n) is 7.77. The molecular formula is C25H31N3O6. The first kappa shape index (κ1) is 26.4. The Kier molecular flexibility index (Phi) is 11.1. The predicted octanol–water partition coefficient (Wildman–Crippen LogP) is 1.45. The maximum absolute atomic E-state index is 12.6. The molecule has 0 radical (unpaired) electrons. The van der Waals surface area contributed by atoms with Crippen LogP contribution < -0.4 is 20.7 Å². The third-order valence-electron chi connectivity index (χ3n) is 5.06. The van der Waals surface area contributed by atoms with Crippen LogP contribution >= 0.6 is 0 Å². The number of benzene rings is 2. The Bertz CT molecular complexity index is 933. The number of carboxylic acids is 1. The summed E-state index contributed by atoms with van der Waals surface area (Å²) in [7, 11) is 0. The molecule has 0 aromatic heterocycles. The standard InChI is InChI=1S/C25H31N3O6/c1-2-3-13-26-24(31)21(14-18-7-5-4-6-8-18)28-23(30)16-34-20-11-9-19(10-12-20)15-22(25(32)33)27-17-29/h4-12,17,21-22H,2-3,13-16H2,1H3,(H,26,31)(H,27,29)(H,28,30)(H,32,33). The second-order valence-corrected chi connectivity index (χ2v) is 7.77. The van der Waals surface area contributed by atoms with Crippen LogP contribution in [0.3, 0.4) is 0 Å². The minimum absolute atomic E-state index is 0.114. The highest BCUT2D eigenvalue weighted by atomic mass is 16.5. The molecule has 2 aromatic rings. The molecule has 0 aliphatic heterocycles. The van der Waals surface area contributed by atoms with Gasteiger partial charge in [0.05, 0.1) is 0 Å². The lowest BCUT2D eigenvalue weighted by Gasteiger charge is -2.19. The van der Waals surface area contributed by atoms with E-state index in [1.54, 1.807) is 24.3 Å². The molecule has 2 aromatic carbocycles. The second kappa shape index (κ2) is 14.3. The summed E-state index contributed by atoms with van der Waals surface area (Å²) >= 11 is 0. The zero-order valence-corrected chi connectivity index (χ0v) is 19.2. The number of unbranched alkanes of at least 4 members (excludes halogenated alkanes) is 1. The number of amides is 3. The van der Waals surface area contributed by atoms with E-state index in [9.17, 15) is 19.2 Å². The molecule has 2 rings (SSSR count). The van der Waals surface area contributed by atoms with E-state index in [0.717, 1.165) is 18.4 Å². The van der Waals surface area contributed by atoms with Crippen molar-refractivity contribution in [2.24, 2.45) is 0 Å². The zero-order chi connectivity index (χ0) is 24.8. The molecule has 0 saturated heterocycles. The number of ether oxygens (including phenoxy) is 1. The molecule has 0 aliphatic carbocycles. The number of rotatable bonds is 15. The number of carboxylic acid groups (broad SMARTS) is 1. The summed E-state index contributed by atoms with van der Waals surface area (Å²) < 4.78 is 5.52. The van der Waals surface area contributed by atoms with Crippen molar-refractivity contribution < 1.29 is 29.0 Å². The average molecular weight is 470 g/mol. The molecule has 0 saturated carbocycles. The topological polar surface area (TPSA) is 134 Å². The Balaban J connectivity index is 1.92.